The summed E-state index contributed by atoms with van der Waals surface area (Å²) >= 11 is 0. The largest absolute Gasteiger partial charge is 0.378 e. The maximum atomic E-state index is 5.60. The third-order valence-electron chi connectivity index (χ3n) is 3.96. The highest BCUT2D eigenvalue weighted by Gasteiger charge is 2.24. The smallest absolute Gasteiger partial charge is 0.0588 e. The number of rotatable bonds is 4. The molecule has 0 saturated carbocycles. The Morgan fingerprint density at radius 1 is 1.28 bits per heavy atom. The fourth-order valence-corrected chi connectivity index (χ4v) is 2.75. The first-order valence-corrected chi connectivity index (χ1v) is 6.99. The van der Waals surface area contributed by atoms with E-state index in [9.17, 15) is 0 Å². The lowest BCUT2D eigenvalue weighted by molar-refractivity contribution is 0.105. The molecule has 0 aromatic heterocycles. The summed E-state index contributed by atoms with van der Waals surface area (Å²) < 4.78 is 5.60. The highest BCUT2D eigenvalue weighted by molar-refractivity contribution is 5.30. The van der Waals surface area contributed by atoms with Crippen molar-refractivity contribution < 1.29 is 4.74 Å². The van der Waals surface area contributed by atoms with Crippen LogP contribution in [0.4, 0.5) is 0 Å². The molecule has 3 atom stereocenters. The van der Waals surface area contributed by atoms with Crippen LogP contribution in [-0.2, 0) is 4.74 Å². The van der Waals surface area contributed by atoms with Gasteiger partial charge in [-0.1, -0.05) is 29.3 Å². The molecule has 1 fully saturated rings. The molecule has 0 amide bonds. The second-order valence-electron chi connectivity index (χ2n) is 5.68. The molecular weight excluding hydrogens is 222 g/mol. The Morgan fingerprint density at radius 2 is 1.94 bits per heavy atom. The minimum atomic E-state index is 0.406. The van der Waals surface area contributed by atoms with Crippen LogP contribution >= 0.6 is 0 Å². The highest BCUT2D eigenvalue weighted by Crippen LogP contribution is 2.21. The van der Waals surface area contributed by atoms with Crippen molar-refractivity contribution in [3.05, 3.63) is 34.9 Å². The van der Waals surface area contributed by atoms with Gasteiger partial charge < -0.3 is 10.1 Å². The van der Waals surface area contributed by atoms with E-state index in [4.69, 9.17) is 4.74 Å². The number of benzene rings is 1. The van der Waals surface area contributed by atoms with Gasteiger partial charge in [-0.15, -0.1) is 0 Å². The summed E-state index contributed by atoms with van der Waals surface area (Å²) in [5.41, 5.74) is 4.08. The first-order chi connectivity index (χ1) is 8.56. The monoisotopic (exact) mass is 247 g/mol. The molecule has 1 aliphatic rings. The average molecular weight is 247 g/mol. The molecule has 2 nitrogen and oxygen atoms in total. The zero-order valence-corrected chi connectivity index (χ0v) is 12.0. The van der Waals surface area contributed by atoms with Crippen LogP contribution in [0.2, 0.25) is 0 Å². The third-order valence-corrected chi connectivity index (χ3v) is 3.96. The molecule has 1 aromatic carbocycles. The highest BCUT2D eigenvalue weighted by atomic mass is 16.5. The topological polar surface area (TPSA) is 21.3 Å². The predicted molar refractivity (Wildman–Crippen MR) is 75.9 cm³/mol. The third kappa shape index (κ3) is 3.33. The van der Waals surface area contributed by atoms with Crippen molar-refractivity contribution in [1.29, 1.82) is 0 Å². The molecule has 18 heavy (non-hydrogen) atoms. The molecule has 1 heterocycles. The van der Waals surface area contributed by atoms with E-state index in [0.717, 1.165) is 13.2 Å². The molecule has 0 radical (unpaired) electrons. The Bertz CT molecular complexity index is 382. The van der Waals surface area contributed by atoms with Crippen molar-refractivity contribution in [3.8, 4) is 0 Å². The SMILES string of the molecule is Cc1cc(C)cc(C(C)NCC2CCOC2C)c1. The first kappa shape index (κ1) is 13.6. The van der Waals surface area contributed by atoms with Crippen molar-refractivity contribution in [3.63, 3.8) is 0 Å². The Kier molecular flexibility index (Phi) is 4.41. The predicted octanol–water partition coefficient (Wildman–Crippen LogP) is 3.38. The summed E-state index contributed by atoms with van der Waals surface area (Å²) in [6.07, 6.45) is 1.59. The number of nitrogens with one attached hydrogen (secondary N) is 1. The first-order valence-electron chi connectivity index (χ1n) is 6.99. The molecular formula is C16H25NO. The lowest BCUT2D eigenvalue weighted by atomic mass is 10.00. The second kappa shape index (κ2) is 5.85. The second-order valence-corrected chi connectivity index (χ2v) is 5.68. The minimum Gasteiger partial charge on any atom is -0.378 e. The molecule has 3 unspecified atom stereocenters. The molecule has 100 valence electrons. The molecule has 1 aliphatic heterocycles. The number of ether oxygens (including phenoxy) is 1. The van der Waals surface area contributed by atoms with Crippen LogP contribution in [0.3, 0.4) is 0 Å². The van der Waals surface area contributed by atoms with Crippen LogP contribution in [0.15, 0.2) is 18.2 Å². The van der Waals surface area contributed by atoms with Crippen LogP contribution in [0, 0.1) is 19.8 Å². The van der Waals surface area contributed by atoms with E-state index in [0.29, 0.717) is 18.1 Å². The van der Waals surface area contributed by atoms with Crippen LogP contribution < -0.4 is 5.32 Å². The van der Waals surface area contributed by atoms with Crippen molar-refractivity contribution >= 4 is 0 Å². The van der Waals surface area contributed by atoms with Gasteiger partial charge in [0.25, 0.3) is 0 Å². The van der Waals surface area contributed by atoms with Crippen molar-refractivity contribution in [2.75, 3.05) is 13.2 Å². The van der Waals surface area contributed by atoms with E-state index < -0.39 is 0 Å². The summed E-state index contributed by atoms with van der Waals surface area (Å²) in [7, 11) is 0. The van der Waals surface area contributed by atoms with Gasteiger partial charge in [0.05, 0.1) is 6.10 Å². The summed E-state index contributed by atoms with van der Waals surface area (Å²) in [5, 5.41) is 3.65. The van der Waals surface area contributed by atoms with E-state index in [1.807, 2.05) is 0 Å². The van der Waals surface area contributed by atoms with Crippen LogP contribution in [-0.4, -0.2) is 19.3 Å². The number of hydrogen-bond donors (Lipinski definition) is 1. The summed E-state index contributed by atoms with van der Waals surface area (Å²) in [4.78, 5) is 0. The lowest BCUT2D eigenvalue weighted by Gasteiger charge is -2.20. The zero-order chi connectivity index (χ0) is 13.1. The van der Waals surface area contributed by atoms with Gasteiger partial charge >= 0.3 is 0 Å². The Labute approximate surface area is 111 Å². The standard InChI is InChI=1S/C16H25NO/c1-11-7-12(2)9-16(8-11)13(3)17-10-15-5-6-18-14(15)4/h7-9,13-15,17H,5-6,10H2,1-4H3. The Hall–Kier alpha value is -0.860. The van der Waals surface area contributed by atoms with Gasteiger partial charge in [0.2, 0.25) is 0 Å². The molecule has 0 aliphatic carbocycles. The molecule has 0 bridgehead atoms. The molecule has 2 rings (SSSR count). The van der Waals surface area contributed by atoms with E-state index in [1.165, 1.54) is 23.1 Å². The minimum absolute atomic E-state index is 0.406. The zero-order valence-electron chi connectivity index (χ0n) is 12.0. The number of aryl methyl sites for hydroxylation is 2. The van der Waals surface area contributed by atoms with E-state index in [1.54, 1.807) is 0 Å². The summed E-state index contributed by atoms with van der Waals surface area (Å²) in [6.45, 7) is 10.7. The molecule has 2 heteroatoms. The molecule has 0 spiro atoms. The van der Waals surface area contributed by atoms with Gasteiger partial charge in [0, 0.05) is 19.2 Å². The van der Waals surface area contributed by atoms with Gasteiger partial charge in [-0.25, -0.2) is 0 Å². The normalized spacial score (nSPS) is 25.3. The van der Waals surface area contributed by atoms with Gasteiger partial charge in [-0.2, -0.15) is 0 Å². The van der Waals surface area contributed by atoms with Gasteiger partial charge in [-0.3, -0.25) is 0 Å². The van der Waals surface area contributed by atoms with Crippen molar-refractivity contribution in [2.24, 2.45) is 5.92 Å². The lowest BCUT2D eigenvalue weighted by Crippen LogP contribution is -2.29. The van der Waals surface area contributed by atoms with Gasteiger partial charge in [-0.05, 0) is 45.6 Å². The fraction of sp³-hybridized carbons (Fsp3) is 0.625. The summed E-state index contributed by atoms with van der Waals surface area (Å²) in [6, 6.07) is 7.19. The van der Waals surface area contributed by atoms with Crippen LogP contribution in [0.1, 0.15) is 43.0 Å². The van der Waals surface area contributed by atoms with Crippen LogP contribution in [0.5, 0.6) is 0 Å². The molecule has 1 N–H and O–H groups in total. The van der Waals surface area contributed by atoms with E-state index in [2.05, 4.69) is 51.2 Å². The van der Waals surface area contributed by atoms with Gasteiger partial charge in [0.1, 0.15) is 0 Å². The van der Waals surface area contributed by atoms with E-state index in [-0.39, 0.29) is 0 Å². The Balaban J connectivity index is 1.92. The number of hydrogen-bond acceptors (Lipinski definition) is 2. The fourth-order valence-electron chi connectivity index (χ4n) is 2.75. The van der Waals surface area contributed by atoms with Crippen molar-refractivity contribution in [1.82, 2.24) is 5.32 Å². The summed E-state index contributed by atoms with van der Waals surface area (Å²) in [5.74, 6) is 0.665. The maximum Gasteiger partial charge on any atom is 0.0588 e. The van der Waals surface area contributed by atoms with Crippen molar-refractivity contribution in [2.45, 2.75) is 46.3 Å². The quantitative estimate of drug-likeness (QED) is 0.880. The average Bonchev–Trinajstić information content (AvgIpc) is 2.70. The van der Waals surface area contributed by atoms with Crippen LogP contribution in [0.25, 0.3) is 0 Å². The molecule has 1 aromatic rings. The maximum absolute atomic E-state index is 5.60. The van der Waals surface area contributed by atoms with Gasteiger partial charge in [0.15, 0.2) is 0 Å². The molecule has 1 saturated heterocycles. The van der Waals surface area contributed by atoms with E-state index >= 15 is 0 Å². The Morgan fingerprint density at radius 3 is 2.50 bits per heavy atom.